The quantitative estimate of drug-likeness (QED) is 0.749. The van der Waals surface area contributed by atoms with Gasteiger partial charge in [0.25, 0.3) is 0 Å². The minimum atomic E-state index is 0.144. The van der Waals surface area contributed by atoms with Crippen LogP contribution in [0.5, 0.6) is 0 Å². The molecule has 1 aromatic rings. The first-order valence-electron chi connectivity index (χ1n) is 4.51. The van der Waals surface area contributed by atoms with E-state index in [-0.39, 0.29) is 11.3 Å². The molecule has 2 N–H and O–H groups in total. The van der Waals surface area contributed by atoms with Gasteiger partial charge in [0.1, 0.15) is 0 Å². The van der Waals surface area contributed by atoms with Gasteiger partial charge in [-0.1, -0.05) is 20.8 Å². The largest absolute Gasteiger partial charge is 0.330 e. The fourth-order valence-electron chi connectivity index (χ4n) is 1.41. The van der Waals surface area contributed by atoms with Crippen LogP contribution < -0.4 is 5.73 Å². The molecule has 0 saturated carbocycles. The molecule has 1 aromatic heterocycles. The molecule has 0 saturated heterocycles. The molecule has 3 heteroatoms. The lowest BCUT2D eigenvalue weighted by atomic mass is 9.79. The van der Waals surface area contributed by atoms with Crippen LogP contribution in [0.25, 0.3) is 0 Å². The normalized spacial score (nSPS) is 14.2. The molecule has 0 spiro atoms. The Bertz CT molecular complexity index is 251. The smallest absolute Gasteiger partial charge is 0.0635 e. The van der Waals surface area contributed by atoms with Crippen LogP contribution in [-0.2, 0) is 0 Å². The van der Waals surface area contributed by atoms with E-state index in [0.29, 0.717) is 6.54 Å². The zero-order chi connectivity index (χ0) is 9.90. The Morgan fingerprint density at radius 3 is 2.46 bits per heavy atom. The molecular formula is C10H17N3. The zero-order valence-corrected chi connectivity index (χ0v) is 8.49. The van der Waals surface area contributed by atoms with Crippen molar-refractivity contribution in [1.29, 1.82) is 0 Å². The standard InChI is InChI=1S/C10H17N3/c1-10(2,3)8(6-11)9-7-12-4-5-13-9/h4-5,7-8H,6,11H2,1-3H3. The van der Waals surface area contributed by atoms with E-state index in [1.807, 2.05) is 0 Å². The zero-order valence-electron chi connectivity index (χ0n) is 8.49. The van der Waals surface area contributed by atoms with Crippen molar-refractivity contribution in [2.24, 2.45) is 11.1 Å². The fraction of sp³-hybridized carbons (Fsp3) is 0.600. The van der Waals surface area contributed by atoms with Crippen molar-refractivity contribution < 1.29 is 0 Å². The summed E-state index contributed by atoms with van der Waals surface area (Å²) >= 11 is 0. The van der Waals surface area contributed by atoms with E-state index in [9.17, 15) is 0 Å². The summed E-state index contributed by atoms with van der Waals surface area (Å²) in [7, 11) is 0. The third-order valence-electron chi connectivity index (χ3n) is 2.22. The highest BCUT2D eigenvalue weighted by Crippen LogP contribution is 2.32. The van der Waals surface area contributed by atoms with E-state index >= 15 is 0 Å². The van der Waals surface area contributed by atoms with Crippen LogP contribution in [-0.4, -0.2) is 16.5 Å². The third kappa shape index (κ3) is 2.49. The Labute approximate surface area is 79.4 Å². The maximum Gasteiger partial charge on any atom is 0.0635 e. The molecule has 3 nitrogen and oxygen atoms in total. The second kappa shape index (κ2) is 3.83. The van der Waals surface area contributed by atoms with Gasteiger partial charge in [-0.05, 0) is 5.41 Å². The molecule has 1 atom stereocenters. The van der Waals surface area contributed by atoms with E-state index in [1.165, 1.54) is 0 Å². The first-order valence-corrected chi connectivity index (χ1v) is 4.51. The van der Waals surface area contributed by atoms with Crippen LogP contribution in [0.3, 0.4) is 0 Å². The Morgan fingerprint density at radius 1 is 1.38 bits per heavy atom. The summed E-state index contributed by atoms with van der Waals surface area (Å²) in [6, 6.07) is 0. The Kier molecular flexibility index (Phi) is 2.98. The average Bonchev–Trinajstić information content (AvgIpc) is 2.05. The molecule has 1 unspecified atom stereocenters. The third-order valence-corrected chi connectivity index (χ3v) is 2.22. The van der Waals surface area contributed by atoms with Gasteiger partial charge in [0.2, 0.25) is 0 Å². The van der Waals surface area contributed by atoms with Gasteiger partial charge < -0.3 is 5.73 Å². The van der Waals surface area contributed by atoms with Gasteiger partial charge in [0, 0.05) is 31.1 Å². The van der Waals surface area contributed by atoms with E-state index < -0.39 is 0 Å². The molecular weight excluding hydrogens is 162 g/mol. The SMILES string of the molecule is CC(C)(C)C(CN)c1cnccn1. The predicted molar refractivity (Wildman–Crippen MR) is 53.3 cm³/mol. The van der Waals surface area contributed by atoms with Crippen LogP contribution >= 0.6 is 0 Å². The molecule has 1 rings (SSSR count). The number of nitrogens with zero attached hydrogens (tertiary/aromatic N) is 2. The molecule has 72 valence electrons. The van der Waals surface area contributed by atoms with E-state index in [0.717, 1.165) is 5.69 Å². The molecule has 0 aliphatic rings. The first-order chi connectivity index (χ1) is 6.05. The number of hydrogen-bond donors (Lipinski definition) is 1. The lowest BCUT2D eigenvalue weighted by molar-refractivity contribution is 0.319. The number of aromatic nitrogens is 2. The highest BCUT2D eigenvalue weighted by Gasteiger charge is 2.25. The summed E-state index contributed by atoms with van der Waals surface area (Å²) in [5.74, 6) is 0.279. The second-order valence-electron chi connectivity index (χ2n) is 4.28. The van der Waals surface area contributed by atoms with Crippen LogP contribution in [0, 0.1) is 5.41 Å². The Balaban J connectivity index is 2.92. The van der Waals surface area contributed by atoms with Crippen molar-refractivity contribution in [3.8, 4) is 0 Å². The van der Waals surface area contributed by atoms with Crippen molar-refractivity contribution >= 4 is 0 Å². The topological polar surface area (TPSA) is 51.8 Å². The maximum atomic E-state index is 5.72. The fourth-order valence-corrected chi connectivity index (χ4v) is 1.41. The van der Waals surface area contributed by atoms with Crippen LogP contribution in [0.2, 0.25) is 0 Å². The minimum absolute atomic E-state index is 0.144. The first kappa shape index (κ1) is 10.1. The van der Waals surface area contributed by atoms with Crippen LogP contribution in [0.4, 0.5) is 0 Å². The predicted octanol–water partition coefficient (Wildman–Crippen LogP) is 1.56. The number of rotatable bonds is 2. The van der Waals surface area contributed by atoms with Gasteiger partial charge in [-0.25, -0.2) is 0 Å². The molecule has 0 fully saturated rings. The van der Waals surface area contributed by atoms with E-state index in [1.54, 1.807) is 18.6 Å². The van der Waals surface area contributed by atoms with Gasteiger partial charge in [-0.15, -0.1) is 0 Å². The van der Waals surface area contributed by atoms with E-state index in [4.69, 9.17) is 5.73 Å². The second-order valence-corrected chi connectivity index (χ2v) is 4.28. The van der Waals surface area contributed by atoms with Crippen LogP contribution in [0.15, 0.2) is 18.6 Å². The van der Waals surface area contributed by atoms with Crippen molar-refractivity contribution in [2.45, 2.75) is 26.7 Å². The summed E-state index contributed by atoms with van der Waals surface area (Å²) in [6.45, 7) is 7.11. The lowest BCUT2D eigenvalue weighted by Gasteiger charge is -2.28. The van der Waals surface area contributed by atoms with Gasteiger partial charge in [0.05, 0.1) is 5.69 Å². The van der Waals surface area contributed by atoms with Crippen molar-refractivity contribution in [1.82, 2.24) is 9.97 Å². The van der Waals surface area contributed by atoms with Crippen molar-refractivity contribution in [2.75, 3.05) is 6.54 Å². The molecule has 13 heavy (non-hydrogen) atoms. The number of nitrogens with two attached hydrogens (primary N) is 1. The van der Waals surface area contributed by atoms with Crippen LogP contribution in [0.1, 0.15) is 32.4 Å². The van der Waals surface area contributed by atoms with Gasteiger partial charge >= 0.3 is 0 Å². The van der Waals surface area contributed by atoms with Gasteiger partial charge in [-0.3, -0.25) is 9.97 Å². The lowest BCUT2D eigenvalue weighted by Crippen LogP contribution is -2.26. The van der Waals surface area contributed by atoms with Gasteiger partial charge in [0.15, 0.2) is 0 Å². The number of hydrogen-bond acceptors (Lipinski definition) is 3. The minimum Gasteiger partial charge on any atom is -0.330 e. The molecule has 0 aromatic carbocycles. The summed E-state index contributed by atoms with van der Waals surface area (Å²) < 4.78 is 0. The summed E-state index contributed by atoms with van der Waals surface area (Å²) in [4.78, 5) is 8.32. The molecule has 0 bridgehead atoms. The van der Waals surface area contributed by atoms with Crippen molar-refractivity contribution in [3.05, 3.63) is 24.3 Å². The maximum absolute atomic E-state index is 5.72. The molecule has 0 amide bonds. The highest BCUT2D eigenvalue weighted by atomic mass is 14.8. The monoisotopic (exact) mass is 179 g/mol. The van der Waals surface area contributed by atoms with Gasteiger partial charge in [-0.2, -0.15) is 0 Å². The molecule has 0 aliphatic heterocycles. The molecule has 0 radical (unpaired) electrons. The summed E-state index contributed by atoms with van der Waals surface area (Å²) in [5, 5.41) is 0. The van der Waals surface area contributed by atoms with Crippen molar-refractivity contribution in [3.63, 3.8) is 0 Å². The summed E-state index contributed by atoms with van der Waals surface area (Å²) in [5.41, 5.74) is 6.85. The highest BCUT2D eigenvalue weighted by molar-refractivity contribution is 5.07. The Morgan fingerprint density at radius 2 is 2.08 bits per heavy atom. The molecule has 0 aliphatic carbocycles. The van der Waals surface area contributed by atoms with E-state index in [2.05, 4.69) is 30.7 Å². The molecule has 1 heterocycles. The summed E-state index contributed by atoms with van der Waals surface area (Å²) in [6.07, 6.45) is 5.19. The Hall–Kier alpha value is -0.960. The average molecular weight is 179 g/mol.